The van der Waals surface area contributed by atoms with E-state index in [0.29, 0.717) is 30.8 Å². The number of carbonyl (C=O) groups is 1. The number of carbonyl (C=O) groups excluding carboxylic acids is 1. The number of hydrogen-bond donors (Lipinski definition) is 1. The van der Waals surface area contributed by atoms with E-state index in [9.17, 15) is 18.0 Å². The summed E-state index contributed by atoms with van der Waals surface area (Å²) in [5.41, 5.74) is -0.454. The van der Waals surface area contributed by atoms with Gasteiger partial charge in [-0.25, -0.2) is 15.0 Å². The van der Waals surface area contributed by atoms with Crippen molar-refractivity contribution in [3.63, 3.8) is 0 Å². The Morgan fingerprint density at radius 1 is 1.23 bits per heavy atom. The summed E-state index contributed by atoms with van der Waals surface area (Å²) in [6.07, 6.45) is 1.25. The molecule has 11 heteroatoms. The first-order chi connectivity index (χ1) is 14.8. The van der Waals surface area contributed by atoms with E-state index in [-0.39, 0.29) is 22.5 Å². The summed E-state index contributed by atoms with van der Waals surface area (Å²) in [7, 11) is 1.50. The number of benzene rings is 1. The van der Waals surface area contributed by atoms with E-state index in [1.54, 1.807) is 36.8 Å². The molecule has 0 spiro atoms. The Morgan fingerprint density at radius 2 is 2.00 bits per heavy atom. The maximum absolute atomic E-state index is 13.3. The van der Waals surface area contributed by atoms with E-state index in [1.165, 1.54) is 7.11 Å². The standard InChI is InChI=1S/C20H20F3N5O2S/c1-30-15-5-3-14(4-6-15)16-11-17(20(21,22)23)27-19(26-16)31-12-18(29)25-7-2-9-28-10-8-24-13-28/h3-6,8,10-11,13H,2,7,9,12H2,1H3,(H,25,29). The van der Waals surface area contributed by atoms with Gasteiger partial charge in [-0.3, -0.25) is 4.79 Å². The van der Waals surface area contributed by atoms with Crippen molar-refractivity contribution >= 4 is 17.7 Å². The average molecular weight is 451 g/mol. The maximum Gasteiger partial charge on any atom is 0.433 e. The average Bonchev–Trinajstić information content (AvgIpc) is 3.28. The predicted molar refractivity (Wildman–Crippen MR) is 110 cm³/mol. The monoisotopic (exact) mass is 451 g/mol. The fraction of sp³-hybridized carbons (Fsp3) is 0.300. The number of nitrogens with zero attached hydrogens (tertiary/aromatic N) is 4. The Kier molecular flexibility index (Phi) is 7.50. The van der Waals surface area contributed by atoms with Crippen LogP contribution in [-0.2, 0) is 17.5 Å². The van der Waals surface area contributed by atoms with Crippen molar-refractivity contribution in [2.45, 2.75) is 24.3 Å². The number of alkyl halides is 3. The molecule has 0 saturated heterocycles. The molecule has 0 fully saturated rings. The summed E-state index contributed by atoms with van der Waals surface area (Å²) in [5, 5.41) is 2.62. The molecule has 3 rings (SSSR count). The highest BCUT2D eigenvalue weighted by Gasteiger charge is 2.34. The fourth-order valence-electron chi connectivity index (χ4n) is 2.63. The first-order valence-corrected chi connectivity index (χ1v) is 10.3. The van der Waals surface area contributed by atoms with Crippen LogP contribution >= 0.6 is 11.8 Å². The number of ether oxygens (including phenoxy) is 1. The third kappa shape index (κ3) is 6.71. The van der Waals surface area contributed by atoms with Crippen LogP contribution in [0.3, 0.4) is 0 Å². The largest absolute Gasteiger partial charge is 0.497 e. The summed E-state index contributed by atoms with van der Waals surface area (Å²) < 4.78 is 46.8. The first-order valence-electron chi connectivity index (χ1n) is 9.31. The Balaban J connectivity index is 1.63. The molecule has 1 N–H and O–H groups in total. The van der Waals surface area contributed by atoms with Gasteiger partial charge >= 0.3 is 6.18 Å². The number of thioether (sulfide) groups is 1. The molecule has 164 valence electrons. The summed E-state index contributed by atoms with van der Waals surface area (Å²) in [5.74, 6) is 0.185. The highest BCUT2D eigenvalue weighted by molar-refractivity contribution is 7.99. The van der Waals surface area contributed by atoms with E-state index >= 15 is 0 Å². The minimum Gasteiger partial charge on any atom is -0.497 e. The number of aryl methyl sites for hydroxylation is 1. The van der Waals surface area contributed by atoms with Crippen LogP contribution in [0.15, 0.2) is 54.2 Å². The molecule has 0 atom stereocenters. The molecule has 0 saturated carbocycles. The quantitative estimate of drug-likeness (QED) is 0.304. The van der Waals surface area contributed by atoms with Gasteiger partial charge in [-0.15, -0.1) is 0 Å². The van der Waals surface area contributed by atoms with Crippen LogP contribution in [0, 0.1) is 0 Å². The van der Waals surface area contributed by atoms with Crippen LogP contribution in [0.1, 0.15) is 12.1 Å². The summed E-state index contributed by atoms with van der Waals surface area (Å²) in [6, 6.07) is 7.39. The lowest BCUT2D eigenvalue weighted by Crippen LogP contribution is -2.27. The van der Waals surface area contributed by atoms with Gasteiger partial charge in [0.05, 0.1) is 24.9 Å². The molecule has 0 aliphatic carbocycles. The molecule has 0 unspecified atom stereocenters. The second kappa shape index (κ2) is 10.3. The number of hydrogen-bond acceptors (Lipinski definition) is 6. The van der Waals surface area contributed by atoms with E-state index in [1.807, 2.05) is 10.8 Å². The van der Waals surface area contributed by atoms with Crippen molar-refractivity contribution in [1.29, 1.82) is 0 Å². The summed E-state index contributed by atoms with van der Waals surface area (Å²) >= 11 is 0.857. The van der Waals surface area contributed by atoms with Crippen molar-refractivity contribution < 1.29 is 22.7 Å². The normalized spacial score (nSPS) is 11.4. The van der Waals surface area contributed by atoms with Gasteiger partial charge in [0.15, 0.2) is 5.16 Å². The number of amides is 1. The molecule has 0 aliphatic heterocycles. The van der Waals surface area contributed by atoms with Gasteiger partial charge < -0.3 is 14.6 Å². The third-order valence-corrected chi connectivity index (χ3v) is 5.04. The van der Waals surface area contributed by atoms with Gasteiger partial charge in [-0.1, -0.05) is 11.8 Å². The van der Waals surface area contributed by atoms with Gasteiger partial charge in [0.2, 0.25) is 5.91 Å². The molecule has 3 aromatic rings. The van der Waals surface area contributed by atoms with Crippen LogP contribution < -0.4 is 10.1 Å². The second-order valence-electron chi connectivity index (χ2n) is 6.44. The van der Waals surface area contributed by atoms with Crippen molar-refractivity contribution in [3.05, 3.63) is 54.7 Å². The molecule has 2 heterocycles. The second-order valence-corrected chi connectivity index (χ2v) is 7.38. The smallest absolute Gasteiger partial charge is 0.433 e. The number of aromatic nitrogens is 4. The lowest BCUT2D eigenvalue weighted by Gasteiger charge is -2.11. The highest BCUT2D eigenvalue weighted by atomic mass is 32.2. The maximum atomic E-state index is 13.3. The fourth-order valence-corrected chi connectivity index (χ4v) is 3.32. The summed E-state index contributed by atoms with van der Waals surface area (Å²) in [4.78, 5) is 23.7. The minimum absolute atomic E-state index is 0.0889. The van der Waals surface area contributed by atoms with Gasteiger partial charge in [-0.05, 0) is 36.8 Å². The molecule has 0 radical (unpaired) electrons. The molecule has 0 aliphatic rings. The summed E-state index contributed by atoms with van der Waals surface area (Å²) in [6.45, 7) is 1.15. The zero-order valence-corrected chi connectivity index (χ0v) is 17.4. The number of nitrogens with one attached hydrogen (secondary N) is 1. The third-order valence-electron chi connectivity index (χ3n) is 4.19. The molecule has 1 aromatic carbocycles. The minimum atomic E-state index is -4.63. The van der Waals surface area contributed by atoms with Gasteiger partial charge in [0, 0.05) is 31.0 Å². The van der Waals surface area contributed by atoms with Crippen molar-refractivity contribution in [3.8, 4) is 17.0 Å². The lowest BCUT2D eigenvalue weighted by molar-refractivity contribution is -0.141. The van der Waals surface area contributed by atoms with Crippen LogP contribution in [0.5, 0.6) is 5.75 Å². The van der Waals surface area contributed by atoms with Gasteiger partial charge in [-0.2, -0.15) is 13.2 Å². The molecule has 7 nitrogen and oxygen atoms in total. The van der Waals surface area contributed by atoms with Gasteiger partial charge in [0.1, 0.15) is 11.4 Å². The molecule has 2 aromatic heterocycles. The van der Waals surface area contributed by atoms with Crippen molar-refractivity contribution in [2.24, 2.45) is 0 Å². The molecular weight excluding hydrogens is 431 g/mol. The van der Waals surface area contributed by atoms with Crippen LogP contribution in [0.2, 0.25) is 0 Å². The van der Waals surface area contributed by atoms with Crippen molar-refractivity contribution in [2.75, 3.05) is 19.4 Å². The molecule has 31 heavy (non-hydrogen) atoms. The Labute approximate surface area is 181 Å². The molecule has 0 bridgehead atoms. The Bertz CT molecular complexity index is 995. The van der Waals surface area contributed by atoms with E-state index < -0.39 is 11.9 Å². The molecule has 1 amide bonds. The van der Waals surface area contributed by atoms with E-state index in [2.05, 4.69) is 20.3 Å². The SMILES string of the molecule is COc1ccc(-c2cc(C(F)(F)F)nc(SCC(=O)NCCCn3ccnc3)n2)cc1. The first kappa shape index (κ1) is 22.6. The Morgan fingerprint density at radius 3 is 2.65 bits per heavy atom. The topological polar surface area (TPSA) is 81.9 Å². The number of rotatable bonds is 9. The zero-order chi connectivity index (χ0) is 22.3. The number of halogens is 3. The zero-order valence-electron chi connectivity index (χ0n) is 16.6. The van der Waals surface area contributed by atoms with Crippen LogP contribution in [-0.4, -0.2) is 44.8 Å². The van der Waals surface area contributed by atoms with E-state index in [4.69, 9.17) is 4.74 Å². The Hall–Kier alpha value is -3.08. The van der Waals surface area contributed by atoms with Crippen LogP contribution in [0.25, 0.3) is 11.3 Å². The lowest BCUT2D eigenvalue weighted by atomic mass is 10.1. The van der Waals surface area contributed by atoms with Crippen molar-refractivity contribution in [1.82, 2.24) is 24.8 Å². The predicted octanol–water partition coefficient (Wildman–Crippen LogP) is 3.67. The van der Waals surface area contributed by atoms with Crippen LogP contribution in [0.4, 0.5) is 13.2 Å². The van der Waals surface area contributed by atoms with E-state index in [0.717, 1.165) is 17.8 Å². The van der Waals surface area contributed by atoms with Gasteiger partial charge in [0.25, 0.3) is 0 Å². The highest BCUT2D eigenvalue weighted by Crippen LogP contribution is 2.32. The number of methoxy groups -OCH3 is 1. The number of imidazole rings is 1. The molecular formula is C20H20F3N5O2S.